The van der Waals surface area contributed by atoms with E-state index in [-0.39, 0.29) is 30.7 Å². The van der Waals surface area contributed by atoms with E-state index >= 15 is 0 Å². The molecule has 150 valence electrons. The molecule has 5 nitrogen and oxygen atoms in total. The van der Waals surface area contributed by atoms with E-state index in [1.165, 1.54) is 17.0 Å². The van der Waals surface area contributed by atoms with Crippen molar-refractivity contribution in [3.8, 4) is 5.75 Å². The summed E-state index contributed by atoms with van der Waals surface area (Å²) in [7, 11) is 0. The van der Waals surface area contributed by atoms with Crippen LogP contribution in [0.25, 0.3) is 0 Å². The molecule has 0 unspecified atom stereocenters. The van der Waals surface area contributed by atoms with Crippen molar-refractivity contribution in [1.82, 2.24) is 10.2 Å². The van der Waals surface area contributed by atoms with Crippen LogP contribution >= 0.6 is 0 Å². The Balaban J connectivity index is 1.94. The number of halogens is 1. The Hall–Kier alpha value is -2.89. The Morgan fingerprint density at radius 3 is 2.50 bits per heavy atom. The van der Waals surface area contributed by atoms with Crippen LogP contribution in [0, 0.1) is 11.7 Å². The molecule has 0 aliphatic heterocycles. The summed E-state index contributed by atoms with van der Waals surface area (Å²) in [5, 5.41) is 2.75. The number of amides is 2. The predicted octanol–water partition coefficient (Wildman–Crippen LogP) is 3.64. The van der Waals surface area contributed by atoms with Gasteiger partial charge in [-0.15, -0.1) is 0 Å². The van der Waals surface area contributed by atoms with Crippen molar-refractivity contribution in [2.24, 2.45) is 5.92 Å². The van der Waals surface area contributed by atoms with Gasteiger partial charge in [-0.2, -0.15) is 0 Å². The van der Waals surface area contributed by atoms with E-state index in [4.69, 9.17) is 4.74 Å². The summed E-state index contributed by atoms with van der Waals surface area (Å²) in [6.07, 6.45) is 0. The summed E-state index contributed by atoms with van der Waals surface area (Å²) in [6.45, 7) is 7.14. The van der Waals surface area contributed by atoms with Crippen molar-refractivity contribution < 1.29 is 18.7 Å². The van der Waals surface area contributed by atoms with Crippen LogP contribution < -0.4 is 10.1 Å². The first kappa shape index (κ1) is 21.4. The fourth-order valence-electron chi connectivity index (χ4n) is 2.52. The molecule has 6 heteroatoms. The highest BCUT2D eigenvalue weighted by Crippen LogP contribution is 2.16. The van der Waals surface area contributed by atoms with Crippen LogP contribution in [-0.4, -0.2) is 36.4 Å². The minimum Gasteiger partial charge on any atom is -0.493 e. The number of nitrogens with zero attached hydrogens (tertiary/aromatic N) is 1. The Labute approximate surface area is 165 Å². The minimum absolute atomic E-state index is 0.0480. The van der Waals surface area contributed by atoms with Gasteiger partial charge in [0.25, 0.3) is 5.91 Å². The van der Waals surface area contributed by atoms with Gasteiger partial charge in [0.05, 0.1) is 13.2 Å². The minimum atomic E-state index is -0.322. The quantitative estimate of drug-likeness (QED) is 0.716. The van der Waals surface area contributed by atoms with Crippen molar-refractivity contribution in [2.45, 2.75) is 27.3 Å². The average molecular weight is 386 g/mol. The van der Waals surface area contributed by atoms with Crippen LogP contribution in [0.15, 0.2) is 48.5 Å². The molecule has 0 spiro atoms. The zero-order valence-electron chi connectivity index (χ0n) is 16.6. The summed E-state index contributed by atoms with van der Waals surface area (Å²) in [4.78, 5) is 26.5. The van der Waals surface area contributed by atoms with Crippen LogP contribution in [0.3, 0.4) is 0 Å². The summed E-state index contributed by atoms with van der Waals surface area (Å²) in [5.74, 6) is 0.200. The van der Waals surface area contributed by atoms with Gasteiger partial charge < -0.3 is 15.0 Å². The molecule has 2 amide bonds. The molecule has 0 fully saturated rings. The lowest BCUT2D eigenvalue weighted by molar-refractivity contribution is -0.121. The highest BCUT2D eigenvalue weighted by molar-refractivity contribution is 5.96. The Morgan fingerprint density at radius 1 is 1.14 bits per heavy atom. The number of benzene rings is 2. The van der Waals surface area contributed by atoms with Gasteiger partial charge in [0, 0.05) is 18.7 Å². The lowest BCUT2D eigenvalue weighted by Crippen LogP contribution is -2.40. The van der Waals surface area contributed by atoms with Crippen LogP contribution in [0.1, 0.15) is 36.7 Å². The maximum Gasteiger partial charge on any atom is 0.254 e. The summed E-state index contributed by atoms with van der Waals surface area (Å²) < 4.78 is 18.6. The maximum atomic E-state index is 12.9. The molecule has 2 rings (SSSR count). The number of ether oxygens (including phenoxy) is 1. The van der Waals surface area contributed by atoms with Gasteiger partial charge in [-0.1, -0.05) is 32.0 Å². The van der Waals surface area contributed by atoms with E-state index in [0.29, 0.717) is 30.4 Å². The molecule has 0 aliphatic rings. The van der Waals surface area contributed by atoms with Gasteiger partial charge in [-0.05, 0) is 48.7 Å². The summed E-state index contributed by atoms with van der Waals surface area (Å²) in [6, 6.07) is 12.9. The second kappa shape index (κ2) is 10.4. The van der Waals surface area contributed by atoms with Gasteiger partial charge in [-0.25, -0.2) is 4.39 Å². The monoisotopic (exact) mass is 386 g/mol. The number of hydrogen-bond acceptors (Lipinski definition) is 3. The third-order valence-corrected chi connectivity index (χ3v) is 4.07. The lowest BCUT2D eigenvalue weighted by atomic mass is 10.2. The normalized spacial score (nSPS) is 10.6. The van der Waals surface area contributed by atoms with Gasteiger partial charge in [-0.3, -0.25) is 9.59 Å². The number of carbonyl (C=O) groups is 2. The zero-order chi connectivity index (χ0) is 20.5. The first-order valence-corrected chi connectivity index (χ1v) is 9.42. The first-order valence-electron chi connectivity index (χ1n) is 9.42. The molecule has 0 aromatic heterocycles. The van der Waals surface area contributed by atoms with Crippen LogP contribution in [0.4, 0.5) is 4.39 Å². The lowest BCUT2D eigenvalue weighted by Gasteiger charge is -2.21. The Morgan fingerprint density at radius 2 is 1.86 bits per heavy atom. The topological polar surface area (TPSA) is 58.6 Å². The zero-order valence-corrected chi connectivity index (χ0v) is 16.6. The highest BCUT2D eigenvalue weighted by atomic mass is 19.1. The molecule has 1 N–H and O–H groups in total. The van der Waals surface area contributed by atoms with E-state index < -0.39 is 0 Å². The second-order valence-corrected chi connectivity index (χ2v) is 6.96. The number of hydrogen-bond donors (Lipinski definition) is 1. The predicted molar refractivity (Wildman–Crippen MR) is 107 cm³/mol. The van der Waals surface area contributed by atoms with Gasteiger partial charge in [0.15, 0.2) is 0 Å². The van der Waals surface area contributed by atoms with E-state index in [0.717, 1.165) is 5.56 Å². The fourth-order valence-corrected chi connectivity index (χ4v) is 2.52. The molecule has 0 aliphatic carbocycles. The molecular formula is C22H27FN2O3. The standard InChI is InChI=1S/C22H27FN2O3/c1-4-25(14-21(26)24-13-17-8-10-19(23)11-9-17)22(27)18-6-5-7-20(12-18)28-15-16(2)3/h5-12,16H,4,13-15H2,1-3H3,(H,24,26). The van der Waals surface area contributed by atoms with Crippen molar-refractivity contribution in [1.29, 1.82) is 0 Å². The molecule has 0 saturated carbocycles. The molecule has 0 atom stereocenters. The molecule has 0 radical (unpaired) electrons. The van der Waals surface area contributed by atoms with Crippen LogP contribution in [-0.2, 0) is 11.3 Å². The third-order valence-electron chi connectivity index (χ3n) is 4.07. The third kappa shape index (κ3) is 6.68. The number of rotatable bonds is 9. The van der Waals surface area contributed by atoms with Gasteiger partial charge >= 0.3 is 0 Å². The number of nitrogens with one attached hydrogen (secondary N) is 1. The maximum absolute atomic E-state index is 12.9. The van der Waals surface area contributed by atoms with E-state index in [9.17, 15) is 14.0 Å². The fraction of sp³-hybridized carbons (Fsp3) is 0.364. The van der Waals surface area contributed by atoms with Gasteiger partial charge in [0.1, 0.15) is 11.6 Å². The van der Waals surface area contributed by atoms with Crippen molar-refractivity contribution in [2.75, 3.05) is 19.7 Å². The number of carbonyl (C=O) groups excluding carboxylic acids is 2. The largest absolute Gasteiger partial charge is 0.493 e. The molecular weight excluding hydrogens is 359 g/mol. The van der Waals surface area contributed by atoms with Crippen molar-refractivity contribution >= 4 is 11.8 Å². The molecule has 0 saturated heterocycles. The number of likely N-dealkylation sites (N-methyl/N-ethyl adjacent to an activating group) is 1. The molecule has 2 aromatic rings. The SMILES string of the molecule is CCN(CC(=O)NCc1ccc(F)cc1)C(=O)c1cccc(OCC(C)C)c1. The first-order chi connectivity index (χ1) is 13.4. The Kier molecular flexibility index (Phi) is 7.99. The van der Waals surface area contributed by atoms with Gasteiger partial charge in [0.2, 0.25) is 5.91 Å². The molecule has 2 aromatic carbocycles. The van der Waals surface area contributed by atoms with Crippen molar-refractivity contribution in [3.63, 3.8) is 0 Å². The van der Waals surface area contributed by atoms with Crippen LogP contribution in [0.2, 0.25) is 0 Å². The molecule has 0 bridgehead atoms. The molecule has 0 heterocycles. The van der Waals surface area contributed by atoms with Crippen molar-refractivity contribution in [3.05, 3.63) is 65.5 Å². The van der Waals surface area contributed by atoms with E-state index in [1.54, 1.807) is 30.3 Å². The second-order valence-electron chi connectivity index (χ2n) is 6.96. The van der Waals surface area contributed by atoms with E-state index in [1.807, 2.05) is 13.0 Å². The highest BCUT2D eigenvalue weighted by Gasteiger charge is 2.18. The molecule has 28 heavy (non-hydrogen) atoms. The Bertz CT molecular complexity index is 791. The average Bonchev–Trinajstić information content (AvgIpc) is 2.69. The summed E-state index contributed by atoms with van der Waals surface area (Å²) >= 11 is 0. The smallest absolute Gasteiger partial charge is 0.254 e. The summed E-state index contributed by atoms with van der Waals surface area (Å²) in [5.41, 5.74) is 1.27. The van der Waals surface area contributed by atoms with Crippen LogP contribution in [0.5, 0.6) is 5.75 Å². The van der Waals surface area contributed by atoms with E-state index in [2.05, 4.69) is 19.2 Å².